The van der Waals surface area contributed by atoms with Crippen LogP contribution in [0.25, 0.3) is 0 Å². The average molecular weight is 205 g/mol. The van der Waals surface area contributed by atoms with Crippen molar-refractivity contribution in [3.05, 3.63) is 0 Å². The molecule has 0 spiro atoms. The second kappa shape index (κ2) is 44.4. The summed E-state index contributed by atoms with van der Waals surface area (Å²) < 4.78 is 0. The van der Waals surface area contributed by atoms with Crippen LogP contribution in [-0.4, -0.2) is 0 Å². The van der Waals surface area contributed by atoms with Crippen molar-refractivity contribution < 1.29 is 16.8 Å². The molecule has 5 heavy (non-hydrogen) atoms. The quantitative estimate of drug-likeness (QED) is 0.564. The Labute approximate surface area is 66.3 Å². The van der Waals surface area contributed by atoms with Crippen molar-refractivity contribution in [2.45, 2.75) is 0 Å². The van der Waals surface area contributed by atoms with E-state index in [-0.39, 0.29) is 66.4 Å². The first-order valence-corrected chi connectivity index (χ1v) is 0. The number of halogens is 4. The van der Waals surface area contributed by atoms with E-state index in [1.807, 2.05) is 0 Å². The normalized spacial score (nSPS) is 0. The van der Waals surface area contributed by atoms with Crippen LogP contribution in [0.5, 0.6) is 0 Å². The molecule has 0 bridgehead atoms. The van der Waals surface area contributed by atoms with Gasteiger partial charge in [0.2, 0.25) is 0 Å². The van der Waals surface area contributed by atoms with Crippen molar-refractivity contribution in [1.82, 2.24) is 0 Å². The van der Waals surface area contributed by atoms with Crippen molar-refractivity contribution in [1.29, 1.82) is 0 Å². The van der Waals surface area contributed by atoms with Crippen LogP contribution in [0.3, 0.4) is 0 Å². The fourth-order valence-electron chi connectivity index (χ4n) is 0. The SMILES string of the molecule is Cl.Cl.Cl.Cl.[Co]. The smallest absolute Gasteiger partial charge is 0 e. The summed E-state index contributed by atoms with van der Waals surface area (Å²) in [5.74, 6) is 0. The Bertz CT molecular complexity index is 3.61. The van der Waals surface area contributed by atoms with Crippen LogP contribution in [0.1, 0.15) is 0 Å². The van der Waals surface area contributed by atoms with Crippen molar-refractivity contribution in [3.63, 3.8) is 0 Å². The summed E-state index contributed by atoms with van der Waals surface area (Å²) in [4.78, 5) is 0. The molecule has 0 amide bonds. The van der Waals surface area contributed by atoms with Crippen LogP contribution in [-0.2, 0) is 16.8 Å². The fraction of sp³-hybridized carbons (Fsp3) is 0. The van der Waals surface area contributed by atoms with Gasteiger partial charge in [-0.2, -0.15) is 0 Å². The van der Waals surface area contributed by atoms with Gasteiger partial charge in [-0.1, -0.05) is 0 Å². The third-order valence-electron chi connectivity index (χ3n) is 0. The number of rotatable bonds is 0. The van der Waals surface area contributed by atoms with E-state index in [9.17, 15) is 0 Å². The molecule has 5 heteroatoms. The summed E-state index contributed by atoms with van der Waals surface area (Å²) in [6, 6.07) is 0. The van der Waals surface area contributed by atoms with E-state index in [4.69, 9.17) is 0 Å². The standard InChI is InChI=1S/4ClH.Co/h4*1H;. The van der Waals surface area contributed by atoms with Gasteiger partial charge in [-0.05, 0) is 0 Å². The van der Waals surface area contributed by atoms with Gasteiger partial charge in [-0.3, -0.25) is 0 Å². The van der Waals surface area contributed by atoms with Crippen LogP contribution < -0.4 is 0 Å². The summed E-state index contributed by atoms with van der Waals surface area (Å²) in [5, 5.41) is 0. The Hall–Kier alpha value is 1.67. The van der Waals surface area contributed by atoms with Gasteiger partial charge in [0.15, 0.2) is 0 Å². The molecule has 0 aliphatic heterocycles. The van der Waals surface area contributed by atoms with E-state index >= 15 is 0 Å². The van der Waals surface area contributed by atoms with Gasteiger partial charge in [0.25, 0.3) is 0 Å². The molecule has 41 valence electrons. The number of hydrogen-bond acceptors (Lipinski definition) is 0. The van der Waals surface area contributed by atoms with Crippen molar-refractivity contribution in [3.8, 4) is 0 Å². The Morgan fingerprint density at radius 2 is 0.400 bits per heavy atom. The maximum atomic E-state index is 0. The molecule has 0 aliphatic carbocycles. The predicted octanol–water partition coefficient (Wildman–Crippen LogP) is 1.68. The molecule has 1 radical (unpaired) electrons. The van der Waals surface area contributed by atoms with Gasteiger partial charge in [0, 0.05) is 16.8 Å². The first-order chi connectivity index (χ1) is 0. The van der Waals surface area contributed by atoms with Gasteiger partial charge < -0.3 is 0 Å². The Morgan fingerprint density at radius 3 is 0.400 bits per heavy atom. The zero-order valence-electron chi connectivity index (χ0n) is 1.97. The first-order valence-electron chi connectivity index (χ1n) is 0. The summed E-state index contributed by atoms with van der Waals surface area (Å²) in [5.41, 5.74) is 0. The molecule has 0 fully saturated rings. The Balaban J connectivity index is 0. The molecule has 0 saturated carbocycles. The summed E-state index contributed by atoms with van der Waals surface area (Å²) in [7, 11) is 0. The Morgan fingerprint density at radius 1 is 0.400 bits per heavy atom. The Kier molecular flexibility index (Phi) is 685. The minimum Gasteiger partial charge on any atom is -0.147 e. The van der Waals surface area contributed by atoms with Crippen LogP contribution >= 0.6 is 49.6 Å². The molecule has 0 nitrogen and oxygen atoms in total. The van der Waals surface area contributed by atoms with Crippen LogP contribution in [0.15, 0.2) is 0 Å². The van der Waals surface area contributed by atoms with Gasteiger partial charge >= 0.3 is 0 Å². The molecule has 0 aliphatic rings. The van der Waals surface area contributed by atoms with E-state index in [0.29, 0.717) is 0 Å². The molecular weight excluding hydrogens is 201 g/mol. The minimum absolute atomic E-state index is 0. The zero-order valence-corrected chi connectivity index (χ0v) is 6.27. The van der Waals surface area contributed by atoms with E-state index in [0.717, 1.165) is 0 Å². The van der Waals surface area contributed by atoms with Crippen LogP contribution in [0.2, 0.25) is 0 Å². The second-order valence-electron chi connectivity index (χ2n) is 0. The van der Waals surface area contributed by atoms with Crippen molar-refractivity contribution >= 4 is 49.6 Å². The van der Waals surface area contributed by atoms with Crippen molar-refractivity contribution in [2.75, 3.05) is 0 Å². The molecule has 0 heterocycles. The van der Waals surface area contributed by atoms with E-state index < -0.39 is 0 Å². The number of hydrogen-bond donors (Lipinski definition) is 0. The van der Waals surface area contributed by atoms with Gasteiger partial charge in [0.1, 0.15) is 0 Å². The molecule has 0 N–H and O–H groups in total. The largest absolute Gasteiger partial charge is 0.147 e. The summed E-state index contributed by atoms with van der Waals surface area (Å²) in [6.07, 6.45) is 0. The average Bonchev–Trinajstić information content (AvgIpc) is 0. The molecule has 0 atom stereocenters. The third kappa shape index (κ3) is 27.4. The van der Waals surface area contributed by atoms with Crippen LogP contribution in [0.4, 0.5) is 0 Å². The monoisotopic (exact) mass is 203 g/mol. The van der Waals surface area contributed by atoms with E-state index in [1.165, 1.54) is 0 Å². The molecule has 0 aromatic carbocycles. The summed E-state index contributed by atoms with van der Waals surface area (Å²) in [6.45, 7) is 0. The maximum Gasteiger partial charge on any atom is 0 e. The topological polar surface area (TPSA) is 0 Å². The van der Waals surface area contributed by atoms with E-state index in [2.05, 4.69) is 0 Å². The zero-order chi connectivity index (χ0) is 0. The van der Waals surface area contributed by atoms with Gasteiger partial charge in [-0.25, -0.2) is 0 Å². The molecular formula is H4Cl4Co. The van der Waals surface area contributed by atoms with Crippen LogP contribution in [0, 0.1) is 0 Å². The van der Waals surface area contributed by atoms with Gasteiger partial charge in [0.05, 0.1) is 0 Å². The molecule has 0 unspecified atom stereocenters. The minimum atomic E-state index is 0. The van der Waals surface area contributed by atoms with Crippen molar-refractivity contribution in [2.24, 2.45) is 0 Å². The summed E-state index contributed by atoms with van der Waals surface area (Å²) >= 11 is 0. The molecule has 0 rings (SSSR count). The fourth-order valence-corrected chi connectivity index (χ4v) is 0. The second-order valence-corrected chi connectivity index (χ2v) is 0. The van der Waals surface area contributed by atoms with Gasteiger partial charge in [-0.15, -0.1) is 49.6 Å². The predicted molar refractivity (Wildman–Crippen MR) is 29.0 cm³/mol. The molecule has 0 saturated heterocycles. The molecule has 0 aromatic heterocycles. The maximum absolute atomic E-state index is 0. The third-order valence-corrected chi connectivity index (χ3v) is 0. The first kappa shape index (κ1) is 77.1. The molecule has 0 aromatic rings. The van der Waals surface area contributed by atoms with E-state index in [1.54, 1.807) is 0 Å².